The first-order valence-corrected chi connectivity index (χ1v) is 4.96. The Bertz CT molecular complexity index is 542. The fraction of sp³-hybridized carbons (Fsp3) is 0.250. The van der Waals surface area contributed by atoms with Crippen LogP contribution in [0.25, 0.3) is 10.9 Å². The van der Waals surface area contributed by atoms with Crippen LogP contribution in [-0.4, -0.2) is 22.8 Å². The lowest BCUT2D eigenvalue weighted by Crippen LogP contribution is -2.04. The van der Waals surface area contributed by atoms with Gasteiger partial charge in [0.15, 0.2) is 0 Å². The van der Waals surface area contributed by atoms with E-state index in [9.17, 15) is 4.79 Å². The van der Waals surface area contributed by atoms with Crippen molar-refractivity contribution < 1.29 is 14.6 Å². The number of hydrogen-bond donors (Lipinski definition) is 1. The van der Waals surface area contributed by atoms with Gasteiger partial charge < -0.3 is 14.4 Å². The van der Waals surface area contributed by atoms with E-state index in [-0.39, 0.29) is 6.42 Å². The summed E-state index contributed by atoms with van der Waals surface area (Å²) in [5.74, 6) is -0.0437. The Hall–Kier alpha value is -1.97. The minimum atomic E-state index is -0.821. The molecular weight excluding hydrogens is 206 g/mol. The second kappa shape index (κ2) is 3.89. The molecule has 0 bridgehead atoms. The number of ether oxygens (including phenoxy) is 1. The zero-order valence-electron chi connectivity index (χ0n) is 9.23. The molecule has 0 aliphatic carbocycles. The van der Waals surface area contributed by atoms with Gasteiger partial charge in [-0.15, -0.1) is 0 Å². The summed E-state index contributed by atoms with van der Waals surface area (Å²) >= 11 is 0. The molecule has 2 aromatic rings. The van der Waals surface area contributed by atoms with Crippen molar-refractivity contribution in [3.63, 3.8) is 0 Å². The average molecular weight is 219 g/mol. The summed E-state index contributed by atoms with van der Waals surface area (Å²) in [5.41, 5.74) is 1.80. The van der Waals surface area contributed by atoms with Crippen molar-refractivity contribution in [3.05, 3.63) is 30.0 Å². The molecule has 0 amide bonds. The Balaban J connectivity index is 2.54. The van der Waals surface area contributed by atoms with Gasteiger partial charge >= 0.3 is 5.97 Å². The van der Waals surface area contributed by atoms with Gasteiger partial charge in [0.2, 0.25) is 0 Å². The predicted molar refractivity (Wildman–Crippen MR) is 60.8 cm³/mol. The molecule has 4 nitrogen and oxygen atoms in total. The largest absolute Gasteiger partial charge is 0.497 e. The minimum absolute atomic E-state index is 0.0352. The van der Waals surface area contributed by atoms with E-state index in [4.69, 9.17) is 9.84 Å². The van der Waals surface area contributed by atoms with Gasteiger partial charge in [-0.2, -0.15) is 0 Å². The number of benzene rings is 1. The second-order valence-corrected chi connectivity index (χ2v) is 3.69. The predicted octanol–water partition coefficient (Wildman–Crippen LogP) is 1.81. The number of carboxylic acid groups (broad SMARTS) is 1. The van der Waals surface area contributed by atoms with E-state index >= 15 is 0 Å². The molecule has 4 heteroatoms. The Labute approximate surface area is 93.1 Å². The van der Waals surface area contributed by atoms with Crippen LogP contribution in [0.3, 0.4) is 0 Å². The molecule has 1 heterocycles. The molecule has 1 N–H and O–H groups in total. The van der Waals surface area contributed by atoms with E-state index in [2.05, 4.69) is 0 Å². The van der Waals surface area contributed by atoms with Crippen molar-refractivity contribution in [1.29, 1.82) is 0 Å². The molecule has 16 heavy (non-hydrogen) atoms. The molecule has 1 aromatic heterocycles. The third-order valence-electron chi connectivity index (χ3n) is 2.68. The topological polar surface area (TPSA) is 51.5 Å². The van der Waals surface area contributed by atoms with E-state index in [1.165, 1.54) is 0 Å². The van der Waals surface area contributed by atoms with Crippen molar-refractivity contribution in [2.75, 3.05) is 7.11 Å². The second-order valence-electron chi connectivity index (χ2n) is 3.69. The smallest absolute Gasteiger partial charge is 0.309 e. The van der Waals surface area contributed by atoms with Gasteiger partial charge in [0, 0.05) is 23.6 Å². The van der Waals surface area contributed by atoms with Crippen molar-refractivity contribution in [1.82, 2.24) is 4.57 Å². The van der Waals surface area contributed by atoms with Crippen LogP contribution in [-0.2, 0) is 18.3 Å². The van der Waals surface area contributed by atoms with Crippen LogP contribution in [0, 0.1) is 0 Å². The highest BCUT2D eigenvalue weighted by atomic mass is 16.5. The van der Waals surface area contributed by atoms with Crippen LogP contribution >= 0.6 is 0 Å². The van der Waals surface area contributed by atoms with E-state index < -0.39 is 5.97 Å². The normalized spacial score (nSPS) is 10.6. The maximum absolute atomic E-state index is 10.7. The molecular formula is C12H13NO3. The lowest BCUT2D eigenvalue weighted by Gasteiger charge is -2.02. The average Bonchev–Trinajstić information content (AvgIpc) is 2.54. The van der Waals surface area contributed by atoms with Gasteiger partial charge in [0.1, 0.15) is 5.75 Å². The fourth-order valence-electron chi connectivity index (χ4n) is 1.84. The number of nitrogens with zero attached hydrogens (tertiary/aromatic N) is 1. The summed E-state index contributed by atoms with van der Waals surface area (Å²) in [4.78, 5) is 10.7. The van der Waals surface area contributed by atoms with E-state index in [1.54, 1.807) is 7.11 Å². The highest BCUT2D eigenvalue weighted by Gasteiger charge is 2.09. The van der Waals surface area contributed by atoms with E-state index in [0.717, 1.165) is 22.3 Å². The van der Waals surface area contributed by atoms with Crippen molar-refractivity contribution in [3.8, 4) is 5.75 Å². The SMILES string of the molecule is COc1ccc2c(c1)cc(CC(=O)O)n2C. The quantitative estimate of drug-likeness (QED) is 0.856. The standard InChI is InChI=1S/C12H13NO3/c1-13-9(7-12(14)15)5-8-6-10(16-2)3-4-11(8)13/h3-6H,7H2,1-2H3,(H,14,15). The molecule has 0 aliphatic rings. The van der Waals surface area contributed by atoms with Crippen LogP contribution in [0.2, 0.25) is 0 Å². The third kappa shape index (κ3) is 1.74. The van der Waals surface area contributed by atoms with E-state index in [1.807, 2.05) is 35.9 Å². The number of aromatic nitrogens is 1. The Kier molecular flexibility index (Phi) is 2.56. The molecule has 0 saturated carbocycles. The van der Waals surface area contributed by atoms with Crippen LogP contribution in [0.1, 0.15) is 5.69 Å². The van der Waals surface area contributed by atoms with E-state index in [0.29, 0.717) is 0 Å². The molecule has 0 spiro atoms. The van der Waals surface area contributed by atoms with Crippen molar-refractivity contribution in [2.24, 2.45) is 7.05 Å². The molecule has 2 rings (SSSR count). The molecule has 1 aromatic carbocycles. The van der Waals surface area contributed by atoms with Crippen LogP contribution < -0.4 is 4.74 Å². The monoisotopic (exact) mass is 219 g/mol. The zero-order valence-corrected chi connectivity index (χ0v) is 9.23. The molecule has 0 unspecified atom stereocenters. The number of hydrogen-bond acceptors (Lipinski definition) is 2. The fourth-order valence-corrected chi connectivity index (χ4v) is 1.84. The third-order valence-corrected chi connectivity index (χ3v) is 2.68. The maximum atomic E-state index is 10.7. The van der Waals surface area contributed by atoms with Crippen molar-refractivity contribution in [2.45, 2.75) is 6.42 Å². The summed E-state index contributed by atoms with van der Waals surface area (Å²) in [6.07, 6.45) is 0.0352. The first-order chi connectivity index (χ1) is 7.61. The summed E-state index contributed by atoms with van der Waals surface area (Å²) in [6.45, 7) is 0. The summed E-state index contributed by atoms with van der Waals surface area (Å²) in [7, 11) is 3.48. The molecule has 0 fully saturated rings. The van der Waals surface area contributed by atoms with Gasteiger partial charge in [-0.25, -0.2) is 0 Å². The van der Waals surface area contributed by atoms with Gasteiger partial charge in [-0.1, -0.05) is 0 Å². The lowest BCUT2D eigenvalue weighted by atomic mass is 10.2. The number of carbonyl (C=O) groups is 1. The first-order valence-electron chi connectivity index (χ1n) is 4.96. The highest BCUT2D eigenvalue weighted by molar-refractivity contribution is 5.84. The molecule has 0 saturated heterocycles. The van der Waals surface area contributed by atoms with Gasteiger partial charge in [0.05, 0.1) is 13.5 Å². The minimum Gasteiger partial charge on any atom is -0.497 e. The molecule has 0 radical (unpaired) electrons. The van der Waals surface area contributed by atoms with Gasteiger partial charge in [0.25, 0.3) is 0 Å². The molecule has 0 atom stereocenters. The number of aryl methyl sites for hydroxylation is 1. The highest BCUT2D eigenvalue weighted by Crippen LogP contribution is 2.23. The number of aliphatic carboxylic acids is 1. The molecule has 84 valence electrons. The molecule has 0 aliphatic heterocycles. The van der Waals surface area contributed by atoms with Gasteiger partial charge in [-0.3, -0.25) is 4.79 Å². The summed E-state index contributed by atoms with van der Waals surface area (Å²) < 4.78 is 7.02. The lowest BCUT2D eigenvalue weighted by molar-refractivity contribution is -0.136. The summed E-state index contributed by atoms with van der Waals surface area (Å²) in [5, 5.41) is 9.78. The Morgan fingerprint density at radius 2 is 2.19 bits per heavy atom. The number of methoxy groups -OCH3 is 1. The Morgan fingerprint density at radius 3 is 2.81 bits per heavy atom. The van der Waals surface area contributed by atoms with Crippen LogP contribution in [0.4, 0.5) is 0 Å². The summed E-state index contributed by atoms with van der Waals surface area (Å²) in [6, 6.07) is 7.58. The number of rotatable bonds is 3. The van der Waals surface area contributed by atoms with Crippen LogP contribution in [0.15, 0.2) is 24.3 Å². The van der Waals surface area contributed by atoms with Crippen molar-refractivity contribution >= 4 is 16.9 Å². The first kappa shape index (κ1) is 10.5. The van der Waals surface area contributed by atoms with Crippen LogP contribution in [0.5, 0.6) is 5.75 Å². The number of fused-ring (bicyclic) bond motifs is 1. The van der Waals surface area contributed by atoms with Gasteiger partial charge in [-0.05, 0) is 24.3 Å². The number of carboxylic acids is 1. The Morgan fingerprint density at radius 1 is 1.44 bits per heavy atom. The zero-order chi connectivity index (χ0) is 11.7. The maximum Gasteiger partial charge on any atom is 0.309 e.